The van der Waals surface area contributed by atoms with Crippen molar-refractivity contribution < 1.29 is 18.7 Å². The molecule has 1 saturated carbocycles. The lowest BCUT2D eigenvalue weighted by Crippen LogP contribution is -2.21. The average molecular weight is 328 g/mol. The zero-order valence-corrected chi connectivity index (χ0v) is 13.0. The number of carbonyl (C=O) groups is 2. The summed E-state index contributed by atoms with van der Waals surface area (Å²) in [4.78, 5) is 23.2. The first-order chi connectivity index (χ1) is 10.5. The Bertz CT molecular complexity index is 544. The summed E-state index contributed by atoms with van der Waals surface area (Å²) in [5.41, 5.74) is -0.0282. The minimum Gasteiger partial charge on any atom is -0.456 e. The summed E-state index contributed by atoms with van der Waals surface area (Å²) in [6.45, 7) is -0.421. The molecule has 1 aliphatic carbocycles. The van der Waals surface area contributed by atoms with Crippen molar-refractivity contribution in [2.24, 2.45) is 5.92 Å². The molecule has 1 aromatic carbocycles. The van der Waals surface area contributed by atoms with Gasteiger partial charge in [0.15, 0.2) is 6.61 Å². The molecule has 1 amide bonds. The van der Waals surface area contributed by atoms with Gasteiger partial charge >= 0.3 is 5.97 Å². The molecule has 2 rings (SSSR count). The van der Waals surface area contributed by atoms with Crippen LogP contribution in [0.3, 0.4) is 0 Å². The molecule has 22 heavy (non-hydrogen) atoms. The fourth-order valence-electron chi connectivity index (χ4n) is 2.62. The summed E-state index contributed by atoms with van der Waals surface area (Å²) < 4.78 is 18.3. The molecule has 1 aliphatic rings. The molecule has 0 bridgehead atoms. The highest BCUT2D eigenvalue weighted by Gasteiger charge is 2.17. The molecule has 0 radical (unpaired) electrons. The van der Waals surface area contributed by atoms with Gasteiger partial charge in [-0.2, -0.15) is 0 Å². The largest absolute Gasteiger partial charge is 0.456 e. The highest BCUT2D eigenvalue weighted by molar-refractivity contribution is 6.30. The van der Waals surface area contributed by atoms with E-state index >= 15 is 0 Å². The molecule has 1 fully saturated rings. The topological polar surface area (TPSA) is 55.4 Å². The number of rotatable bonds is 6. The van der Waals surface area contributed by atoms with E-state index in [9.17, 15) is 14.0 Å². The number of nitrogens with one attached hydrogen (secondary N) is 1. The van der Waals surface area contributed by atoms with Crippen LogP contribution >= 0.6 is 11.6 Å². The lowest BCUT2D eigenvalue weighted by molar-refractivity contribution is -0.147. The van der Waals surface area contributed by atoms with Crippen molar-refractivity contribution in [1.82, 2.24) is 0 Å². The van der Waals surface area contributed by atoms with Gasteiger partial charge in [-0.1, -0.05) is 37.3 Å². The maximum absolute atomic E-state index is 13.4. The van der Waals surface area contributed by atoms with Crippen LogP contribution in [0.1, 0.15) is 38.5 Å². The van der Waals surface area contributed by atoms with E-state index in [1.807, 2.05) is 0 Å². The number of hydrogen-bond acceptors (Lipinski definition) is 3. The zero-order valence-electron chi connectivity index (χ0n) is 12.2. The number of ether oxygens (including phenoxy) is 1. The van der Waals surface area contributed by atoms with Crippen LogP contribution in [0.2, 0.25) is 5.02 Å². The summed E-state index contributed by atoms with van der Waals surface area (Å²) in [5.74, 6) is -0.976. The first-order valence-corrected chi connectivity index (χ1v) is 7.83. The van der Waals surface area contributed by atoms with Gasteiger partial charge in [0.2, 0.25) is 0 Å². The maximum atomic E-state index is 13.4. The van der Waals surface area contributed by atoms with Crippen molar-refractivity contribution in [3.63, 3.8) is 0 Å². The fourth-order valence-corrected chi connectivity index (χ4v) is 2.79. The quantitative estimate of drug-likeness (QED) is 0.805. The second-order valence-corrected chi connectivity index (χ2v) is 5.96. The molecule has 0 spiro atoms. The first-order valence-electron chi connectivity index (χ1n) is 7.45. The van der Waals surface area contributed by atoms with Crippen molar-refractivity contribution in [1.29, 1.82) is 0 Å². The fraction of sp³-hybridized carbons (Fsp3) is 0.500. The van der Waals surface area contributed by atoms with E-state index in [1.165, 1.54) is 37.8 Å². The van der Waals surface area contributed by atoms with E-state index in [1.54, 1.807) is 0 Å². The lowest BCUT2D eigenvalue weighted by atomic mass is 10.0. The van der Waals surface area contributed by atoms with Gasteiger partial charge in [-0.3, -0.25) is 9.59 Å². The smallest absolute Gasteiger partial charge is 0.306 e. The predicted molar refractivity (Wildman–Crippen MR) is 82.2 cm³/mol. The van der Waals surface area contributed by atoms with E-state index in [-0.39, 0.29) is 5.69 Å². The predicted octanol–water partition coefficient (Wildman–Crippen LogP) is 3.93. The molecule has 0 saturated heterocycles. The van der Waals surface area contributed by atoms with Gasteiger partial charge in [0.1, 0.15) is 5.82 Å². The molecule has 1 N–H and O–H groups in total. The maximum Gasteiger partial charge on any atom is 0.306 e. The molecule has 120 valence electrons. The van der Waals surface area contributed by atoms with E-state index in [0.717, 1.165) is 12.5 Å². The molecule has 0 unspecified atom stereocenters. The van der Waals surface area contributed by atoms with Crippen molar-refractivity contribution in [2.75, 3.05) is 11.9 Å². The Labute approximate surface area is 134 Å². The molecular formula is C16H19ClFNO3. The standard InChI is InChI=1S/C16H19ClFNO3/c17-12-6-7-13(18)14(9-12)19-15(20)10-22-16(21)8-5-11-3-1-2-4-11/h6-7,9,11H,1-5,8,10H2,(H,19,20). The van der Waals surface area contributed by atoms with E-state index in [0.29, 0.717) is 17.4 Å². The minimum atomic E-state index is -0.592. The Kier molecular flexibility index (Phi) is 6.19. The molecule has 0 aromatic heterocycles. The van der Waals surface area contributed by atoms with Crippen LogP contribution in [0, 0.1) is 11.7 Å². The third kappa shape index (κ3) is 5.30. The van der Waals surface area contributed by atoms with Gasteiger partial charge in [0, 0.05) is 11.4 Å². The van der Waals surface area contributed by atoms with Crippen LogP contribution in [0.4, 0.5) is 10.1 Å². The molecule has 1 aromatic rings. The SMILES string of the molecule is O=C(COC(=O)CCC1CCCC1)Nc1cc(Cl)ccc1F. The van der Waals surface area contributed by atoms with Crippen molar-refractivity contribution >= 4 is 29.2 Å². The minimum absolute atomic E-state index is 0.0282. The van der Waals surface area contributed by atoms with Crippen LogP contribution in [-0.4, -0.2) is 18.5 Å². The number of benzene rings is 1. The Balaban J connectivity index is 1.70. The van der Waals surface area contributed by atoms with Gasteiger partial charge in [0.05, 0.1) is 5.69 Å². The van der Waals surface area contributed by atoms with Crippen molar-refractivity contribution in [3.8, 4) is 0 Å². The molecule has 6 heteroatoms. The Hall–Kier alpha value is -1.62. The van der Waals surface area contributed by atoms with E-state index < -0.39 is 24.3 Å². The molecule has 0 aliphatic heterocycles. The lowest BCUT2D eigenvalue weighted by Gasteiger charge is -2.09. The second-order valence-electron chi connectivity index (χ2n) is 5.52. The third-order valence-electron chi connectivity index (χ3n) is 3.80. The van der Waals surface area contributed by atoms with E-state index in [2.05, 4.69) is 5.32 Å². The molecule has 0 atom stereocenters. The Morgan fingerprint density at radius 2 is 2.05 bits per heavy atom. The number of esters is 1. The zero-order chi connectivity index (χ0) is 15.9. The number of hydrogen-bond donors (Lipinski definition) is 1. The van der Waals surface area contributed by atoms with Crippen LogP contribution in [0.5, 0.6) is 0 Å². The monoisotopic (exact) mass is 327 g/mol. The van der Waals surface area contributed by atoms with Crippen LogP contribution < -0.4 is 5.32 Å². The van der Waals surface area contributed by atoms with Crippen LogP contribution in [0.15, 0.2) is 18.2 Å². The van der Waals surface area contributed by atoms with Crippen molar-refractivity contribution in [2.45, 2.75) is 38.5 Å². The van der Waals surface area contributed by atoms with Crippen molar-refractivity contribution in [3.05, 3.63) is 29.0 Å². The summed E-state index contributed by atoms with van der Waals surface area (Å²) >= 11 is 5.73. The number of amides is 1. The van der Waals surface area contributed by atoms with Gasteiger partial charge in [-0.25, -0.2) is 4.39 Å². The number of anilines is 1. The molecule has 0 heterocycles. The van der Waals surface area contributed by atoms with Gasteiger partial charge in [-0.05, 0) is 30.5 Å². The van der Waals surface area contributed by atoms with Crippen LogP contribution in [-0.2, 0) is 14.3 Å². The second kappa shape index (κ2) is 8.13. The third-order valence-corrected chi connectivity index (χ3v) is 4.03. The Morgan fingerprint density at radius 1 is 1.32 bits per heavy atom. The van der Waals surface area contributed by atoms with Gasteiger partial charge in [0.25, 0.3) is 5.91 Å². The Morgan fingerprint density at radius 3 is 2.77 bits per heavy atom. The summed E-state index contributed by atoms with van der Waals surface area (Å²) in [6, 6.07) is 3.85. The van der Waals surface area contributed by atoms with E-state index in [4.69, 9.17) is 16.3 Å². The van der Waals surface area contributed by atoms with Gasteiger partial charge in [-0.15, -0.1) is 0 Å². The van der Waals surface area contributed by atoms with Crippen LogP contribution in [0.25, 0.3) is 0 Å². The van der Waals surface area contributed by atoms with Gasteiger partial charge < -0.3 is 10.1 Å². The summed E-state index contributed by atoms with van der Waals surface area (Å²) in [6.07, 6.45) is 5.93. The summed E-state index contributed by atoms with van der Waals surface area (Å²) in [5, 5.41) is 2.64. The number of halogens is 2. The molecular weight excluding hydrogens is 309 g/mol. The highest BCUT2D eigenvalue weighted by atomic mass is 35.5. The first kappa shape index (κ1) is 16.7. The normalized spacial score (nSPS) is 14.8. The number of carbonyl (C=O) groups excluding carboxylic acids is 2. The summed E-state index contributed by atoms with van der Waals surface area (Å²) in [7, 11) is 0. The average Bonchev–Trinajstić information content (AvgIpc) is 3.00. The molecule has 4 nitrogen and oxygen atoms in total. The highest BCUT2D eigenvalue weighted by Crippen LogP contribution is 2.28.